The Labute approximate surface area is 103 Å². The van der Waals surface area contributed by atoms with Gasteiger partial charge in [0, 0.05) is 11.8 Å². The lowest BCUT2D eigenvalue weighted by Crippen LogP contribution is -1.98. The van der Waals surface area contributed by atoms with E-state index in [1.54, 1.807) is 25.6 Å². The summed E-state index contributed by atoms with van der Waals surface area (Å²) in [5, 5.41) is 0. The van der Waals surface area contributed by atoms with E-state index < -0.39 is 0 Å². The highest BCUT2D eigenvalue weighted by molar-refractivity contribution is 7.71. The Morgan fingerprint density at radius 2 is 2.00 bits per heavy atom. The van der Waals surface area contributed by atoms with E-state index >= 15 is 0 Å². The first kappa shape index (κ1) is 11.5. The van der Waals surface area contributed by atoms with Gasteiger partial charge >= 0.3 is 0 Å². The molecular formula is C10H10N4O2S. The molecule has 2 aromatic rings. The van der Waals surface area contributed by atoms with Crippen LogP contribution in [-0.2, 0) is 0 Å². The van der Waals surface area contributed by atoms with Gasteiger partial charge in [-0.2, -0.15) is 4.98 Å². The number of aromatic amines is 1. The molecule has 0 fully saturated rings. The molecule has 0 bridgehead atoms. The molecule has 88 valence electrons. The van der Waals surface area contributed by atoms with Crippen molar-refractivity contribution >= 4 is 12.2 Å². The zero-order valence-corrected chi connectivity index (χ0v) is 10.1. The number of aromatic nitrogens is 4. The second-order valence-electron chi connectivity index (χ2n) is 3.10. The zero-order valence-electron chi connectivity index (χ0n) is 9.30. The molecule has 0 aromatic carbocycles. The van der Waals surface area contributed by atoms with Gasteiger partial charge in [-0.05, 0) is 18.3 Å². The molecule has 1 N–H and O–H groups in total. The lowest BCUT2D eigenvalue weighted by molar-refractivity contribution is 0.378. The van der Waals surface area contributed by atoms with Crippen LogP contribution in [0.5, 0.6) is 11.8 Å². The van der Waals surface area contributed by atoms with Crippen molar-refractivity contribution in [2.24, 2.45) is 0 Å². The van der Waals surface area contributed by atoms with Gasteiger partial charge in [0.1, 0.15) is 11.6 Å². The standard InChI is InChI=1S/C10H10N4O2S/c1-15-7-3-6(4-11-5-7)8-12-9(16-2)14-10(17)13-8/h3-5H,1-2H3,(H,12,13,14,17). The molecule has 0 atom stereocenters. The van der Waals surface area contributed by atoms with Crippen molar-refractivity contribution in [1.82, 2.24) is 19.9 Å². The minimum Gasteiger partial charge on any atom is -0.495 e. The van der Waals surface area contributed by atoms with E-state index in [2.05, 4.69) is 19.9 Å². The van der Waals surface area contributed by atoms with Crippen LogP contribution in [0.1, 0.15) is 0 Å². The van der Waals surface area contributed by atoms with E-state index in [1.807, 2.05) is 0 Å². The maximum Gasteiger partial charge on any atom is 0.297 e. The van der Waals surface area contributed by atoms with Crippen molar-refractivity contribution in [2.75, 3.05) is 14.2 Å². The Morgan fingerprint density at radius 1 is 1.18 bits per heavy atom. The molecule has 6 nitrogen and oxygen atoms in total. The molecule has 0 saturated carbocycles. The number of methoxy groups -OCH3 is 2. The van der Waals surface area contributed by atoms with Gasteiger partial charge in [0.15, 0.2) is 0 Å². The number of rotatable bonds is 3. The summed E-state index contributed by atoms with van der Waals surface area (Å²) in [6.07, 6.45) is 3.26. The predicted octanol–water partition coefficient (Wildman–Crippen LogP) is 1.61. The third-order valence-corrected chi connectivity index (χ3v) is 2.23. The highest BCUT2D eigenvalue weighted by Gasteiger charge is 2.05. The third kappa shape index (κ3) is 2.56. The fourth-order valence-electron chi connectivity index (χ4n) is 1.26. The van der Waals surface area contributed by atoms with Crippen molar-refractivity contribution in [3.8, 4) is 23.1 Å². The van der Waals surface area contributed by atoms with Gasteiger partial charge in [-0.15, -0.1) is 0 Å². The molecule has 0 amide bonds. The fraction of sp³-hybridized carbons (Fsp3) is 0.200. The van der Waals surface area contributed by atoms with Crippen LogP contribution in [0.15, 0.2) is 18.5 Å². The minimum atomic E-state index is 0.207. The maximum atomic E-state index is 5.09. The molecule has 0 aliphatic rings. The third-order valence-electron chi connectivity index (χ3n) is 2.05. The van der Waals surface area contributed by atoms with Crippen molar-refractivity contribution in [3.63, 3.8) is 0 Å². The lowest BCUT2D eigenvalue weighted by Gasteiger charge is -2.04. The van der Waals surface area contributed by atoms with Crippen LogP contribution >= 0.6 is 12.2 Å². The Hall–Kier alpha value is -2.02. The van der Waals surface area contributed by atoms with E-state index in [-0.39, 0.29) is 4.77 Å². The van der Waals surface area contributed by atoms with Crippen molar-refractivity contribution < 1.29 is 9.47 Å². The monoisotopic (exact) mass is 250 g/mol. The first-order valence-electron chi connectivity index (χ1n) is 4.74. The zero-order chi connectivity index (χ0) is 12.3. The Kier molecular flexibility index (Phi) is 3.29. The Morgan fingerprint density at radius 3 is 2.71 bits per heavy atom. The smallest absolute Gasteiger partial charge is 0.297 e. The summed E-state index contributed by atoms with van der Waals surface area (Å²) in [6, 6.07) is 2.10. The molecule has 7 heteroatoms. The first-order chi connectivity index (χ1) is 8.22. The number of nitrogens with zero attached hydrogens (tertiary/aromatic N) is 3. The molecule has 2 rings (SSSR count). The second-order valence-corrected chi connectivity index (χ2v) is 3.47. The minimum absolute atomic E-state index is 0.207. The summed E-state index contributed by atoms with van der Waals surface area (Å²) in [5.41, 5.74) is 0.746. The van der Waals surface area contributed by atoms with E-state index in [9.17, 15) is 0 Å². The number of H-pyrrole nitrogens is 1. The quantitative estimate of drug-likeness (QED) is 0.834. The van der Waals surface area contributed by atoms with Crippen molar-refractivity contribution in [1.29, 1.82) is 0 Å². The lowest BCUT2D eigenvalue weighted by atomic mass is 10.2. The van der Waals surface area contributed by atoms with Crippen molar-refractivity contribution in [2.45, 2.75) is 0 Å². The van der Waals surface area contributed by atoms with Gasteiger partial charge in [-0.25, -0.2) is 4.98 Å². The molecular weight excluding hydrogens is 240 g/mol. The van der Waals surface area contributed by atoms with E-state index in [0.29, 0.717) is 17.6 Å². The van der Waals surface area contributed by atoms with Crippen LogP contribution in [0.2, 0.25) is 0 Å². The molecule has 0 aliphatic heterocycles. The molecule has 17 heavy (non-hydrogen) atoms. The SMILES string of the molecule is COc1cncc(-c2nc(=S)nc(OC)[nH]2)c1. The molecule has 2 heterocycles. The van der Waals surface area contributed by atoms with Crippen LogP contribution in [0.3, 0.4) is 0 Å². The van der Waals surface area contributed by atoms with Gasteiger partial charge < -0.3 is 9.47 Å². The van der Waals surface area contributed by atoms with Gasteiger partial charge in [0.2, 0.25) is 4.77 Å². The van der Waals surface area contributed by atoms with Crippen molar-refractivity contribution in [3.05, 3.63) is 23.2 Å². The van der Waals surface area contributed by atoms with Gasteiger partial charge in [0.25, 0.3) is 6.01 Å². The molecule has 2 aromatic heterocycles. The molecule has 0 radical (unpaired) electrons. The number of hydrogen-bond donors (Lipinski definition) is 1. The number of pyridine rings is 1. The van der Waals surface area contributed by atoms with E-state index in [4.69, 9.17) is 21.7 Å². The molecule has 0 unspecified atom stereocenters. The molecule has 0 saturated heterocycles. The molecule has 0 aliphatic carbocycles. The average molecular weight is 250 g/mol. The number of ether oxygens (including phenoxy) is 2. The van der Waals surface area contributed by atoms with E-state index in [1.165, 1.54) is 7.11 Å². The van der Waals surface area contributed by atoms with Gasteiger partial charge in [-0.1, -0.05) is 0 Å². The second kappa shape index (κ2) is 4.88. The van der Waals surface area contributed by atoms with Crippen LogP contribution in [0.4, 0.5) is 0 Å². The summed E-state index contributed by atoms with van der Waals surface area (Å²) in [6.45, 7) is 0. The molecule has 0 spiro atoms. The normalized spacial score (nSPS) is 10.0. The highest BCUT2D eigenvalue weighted by Crippen LogP contribution is 2.19. The Bertz CT molecular complexity index is 585. The van der Waals surface area contributed by atoms with Crippen LogP contribution < -0.4 is 9.47 Å². The van der Waals surface area contributed by atoms with E-state index in [0.717, 1.165) is 5.56 Å². The van der Waals surface area contributed by atoms with Crippen LogP contribution in [0.25, 0.3) is 11.4 Å². The highest BCUT2D eigenvalue weighted by atomic mass is 32.1. The maximum absolute atomic E-state index is 5.09. The average Bonchev–Trinajstić information content (AvgIpc) is 2.38. The summed E-state index contributed by atoms with van der Waals surface area (Å²) in [7, 11) is 3.07. The fourth-order valence-corrected chi connectivity index (χ4v) is 1.43. The number of hydrogen-bond acceptors (Lipinski definition) is 6. The Balaban J connectivity index is 2.51. The summed E-state index contributed by atoms with van der Waals surface area (Å²) in [5.74, 6) is 1.17. The summed E-state index contributed by atoms with van der Waals surface area (Å²) < 4.78 is 10.3. The summed E-state index contributed by atoms with van der Waals surface area (Å²) in [4.78, 5) is 14.9. The van der Waals surface area contributed by atoms with Crippen LogP contribution in [-0.4, -0.2) is 34.2 Å². The summed E-state index contributed by atoms with van der Waals surface area (Å²) >= 11 is 4.94. The largest absolute Gasteiger partial charge is 0.495 e. The van der Waals surface area contributed by atoms with Gasteiger partial charge in [-0.3, -0.25) is 9.97 Å². The topological polar surface area (TPSA) is 72.9 Å². The first-order valence-corrected chi connectivity index (χ1v) is 5.15. The van der Waals surface area contributed by atoms with Gasteiger partial charge in [0.05, 0.1) is 20.4 Å². The predicted molar refractivity (Wildman–Crippen MR) is 63.6 cm³/mol. The van der Waals surface area contributed by atoms with Crippen LogP contribution in [0, 0.1) is 4.77 Å². The number of nitrogens with one attached hydrogen (secondary N) is 1.